The molecule has 7 nitrogen and oxygen atoms in total. The molecule has 9 heteroatoms. The zero-order chi connectivity index (χ0) is 23.7. The Hall–Kier alpha value is -2.68. The van der Waals surface area contributed by atoms with Gasteiger partial charge in [0.15, 0.2) is 0 Å². The minimum absolute atomic E-state index is 0.00254. The van der Waals surface area contributed by atoms with Gasteiger partial charge in [-0.25, -0.2) is 9.18 Å². The first-order valence-corrected chi connectivity index (χ1v) is 12.1. The number of nitrogens with zero attached hydrogens (tertiary/aromatic N) is 3. The van der Waals surface area contributed by atoms with Gasteiger partial charge in [-0.3, -0.25) is 9.69 Å². The van der Waals surface area contributed by atoms with E-state index in [-0.39, 0.29) is 42.6 Å². The molecule has 2 aromatic carbocycles. The summed E-state index contributed by atoms with van der Waals surface area (Å²) in [5.74, 6) is -0.393. The molecule has 1 N–H and O–H groups in total. The number of carbonyl (C=O) groups excluding carboxylic acids is 2. The summed E-state index contributed by atoms with van der Waals surface area (Å²) in [6.45, 7) is 3.76. The Morgan fingerprint density at radius 3 is 2.29 bits per heavy atom. The molecule has 2 aromatic rings. The first kappa shape index (κ1) is 23.1. The molecule has 0 radical (unpaired) electrons. The highest BCUT2D eigenvalue weighted by atomic mass is 35.5. The van der Waals surface area contributed by atoms with Crippen molar-refractivity contribution in [3.05, 3.63) is 70.5 Å². The number of nitrogens with one attached hydrogen (secondary N) is 1. The third-order valence-electron chi connectivity index (χ3n) is 6.92. The van der Waals surface area contributed by atoms with Crippen molar-refractivity contribution in [1.82, 2.24) is 20.0 Å². The van der Waals surface area contributed by atoms with Crippen LogP contribution in [0.25, 0.3) is 0 Å². The average molecular weight is 487 g/mol. The number of urea groups is 1. The lowest BCUT2D eigenvalue weighted by Gasteiger charge is -2.44. The molecule has 0 aromatic heterocycles. The number of piperazine rings is 1. The summed E-state index contributed by atoms with van der Waals surface area (Å²) in [7, 11) is 0. The van der Waals surface area contributed by atoms with Gasteiger partial charge in [0.2, 0.25) is 5.91 Å². The third-order valence-corrected chi connectivity index (χ3v) is 7.17. The van der Waals surface area contributed by atoms with Crippen molar-refractivity contribution in [3.8, 4) is 0 Å². The number of hydrogen-bond donors (Lipinski definition) is 1. The number of hydrogen-bond acceptors (Lipinski definition) is 4. The molecule has 0 spiro atoms. The van der Waals surface area contributed by atoms with Crippen molar-refractivity contribution in [2.24, 2.45) is 0 Å². The fourth-order valence-electron chi connectivity index (χ4n) is 5.15. The molecule has 3 saturated heterocycles. The van der Waals surface area contributed by atoms with Crippen LogP contribution < -0.4 is 5.32 Å². The fourth-order valence-corrected chi connectivity index (χ4v) is 5.28. The Bertz CT molecular complexity index is 982. The number of halogens is 2. The molecule has 0 aliphatic carbocycles. The van der Waals surface area contributed by atoms with Crippen LogP contribution in [0, 0.1) is 5.82 Å². The summed E-state index contributed by atoms with van der Waals surface area (Å²) in [5.41, 5.74) is 2.07. The normalized spacial score (nSPS) is 24.4. The second-order valence-corrected chi connectivity index (χ2v) is 9.51. The van der Waals surface area contributed by atoms with Gasteiger partial charge in [0.25, 0.3) is 0 Å². The number of fused-ring (bicyclic) bond motifs is 1. The maximum atomic E-state index is 13.6. The lowest BCUT2D eigenvalue weighted by molar-refractivity contribution is -0.139. The van der Waals surface area contributed by atoms with Gasteiger partial charge in [-0.15, -0.1) is 0 Å². The summed E-state index contributed by atoms with van der Waals surface area (Å²) < 4.78 is 19.2. The Kier molecular flexibility index (Phi) is 6.72. The minimum Gasteiger partial charge on any atom is -0.366 e. The topological polar surface area (TPSA) is 65.1 Å². The van der Waals surface area contributed by atoms with Crippen LogP contribution in [0.15, 0.2) is 48.5 Å². The molecule has 1 unspecified atom stereocenters. The van der Waals surface area contributed by atoms with Crippen LogP contribution in [0.5, 0.6) is 0 Å². The minimum atomic E-state index is -0.266. The summed E-state index contributed by atoms with van der Waals surface area (Å²) in [6.07, 6.45) is 0.703. The second-order valence-electron chi connectivity index (χ2n) is 9.07. The lowest BCUT2D eigenvalue weighted by atomic mass is 9.96. The van der Waals surface area contributed by atoms with Gasteiger partial charge in [-0.05, 0) is 41.8 Å². The van der Waals surface area contributed by atoms with Crippen molar-refractivity contribution in [3.63, 3.8) is 0 Å². The van der Waals surface area contributed by atoms with E-state index in [0.29, 0.717) is 44.3 Å². The number of benzene rings is 2. The standard InChI is InChI=1S/C25H28ClFN4O3/c26-19-5-1-17(2-6-19)24(18-3-7-20(27)8-4-18)29-11-13-30(14-12-29)25(33)31-10-9-22-21(15-31)28-23(32)16-34-22/h1-8,21-22,24H,9-16H2,(H,28,32)/t21-,22+,24?/m1/s1. The van der Waals surface area contributed by atoms with Crippen molar-refractivity contribution in [1.29, 1.82) is 0 Å². The SMILES string of the molecule is O=C1CO[C@H]2CCN(C(=O)N3CCN(C(c4ccc(F)cc4)c4ccc(Cl)cc4)CC3)C[C@H]2N1. The number of ether oxygens (including phenoxy) is 1. The van der Waals surface area contributed by atoms with Crippen LogP contribution in [0.2, 0.25) is 5.02 Å². The van der Waals surface area contributed by atoms with E-state index in [2.05, 4.69) is 10.2 Å². The number of likely N-dealkylation sites (tertiary alicyclic amines) is 1. The largest absolute Gasteiger partial charge is 0.366 e. The predicted molar refractivity (Wildman–Crippen MR) is 126 cm³/mol. The Morgan fingerprint density at radius 1 is 0.971 bits per heavy atom. The molecule has 3 atom stereocenters. The molecule has 5 rings (SSSR count). The smallest absolute Gasteiger partial charge is 0.320 e. The van der Waals surface area contributed by atoms with Gasteiger partial charge in [-0.1, -0.05) is 35.9 Å². The Labute approximate surface area is 203 Å². The number of rotatable bonds is 3. The average Bonchev–Trinajstić information content (AvgIpc) is 2.86. The van der Waals surface area contributed by atoms with E-state index in [1.165, 1.54) is 12.1 Å². The monoisotopic (exact) mass is 486 g/mol. The first-order chi connectivity index (χ1) is 16.5. The number of amides is 3. The van der Waals surface area contributed by atoms with E-state index in [4.69, 9.17) is 16.3 Å². The third kappa shape index (κ3) is 4.89. The summed E-state index contributed by atoms with van der Waals surface area (Å²) in [5, 5.41) is 3.62. The highest BCUT2D eigenvalue weighted by molar-refractivity contribution is 6.30. The molecule has 0 bridgehead atoms. The van der Waals surface area contributed by atoms with E-state index in [1.807, 2.05) is 46.2 Å². The lowest BCUT2D eigenvalue weighted by Crippen LogP contribution is -2.63. The van der Waals surface area contributed by atoms with Crippen LogP contribution in [-0.2, 0) is 9.53 Å². The van der Waals surface area contributed by atoms with Crippen molar-refractivity contribution < 1.29 is 18.7 Å². The van der Waals surface area contributed by atoms with Gasteiger partial charge < -0.3 is 19.9 Å². The van der Waals surface area contributed by atoms with Crippen molar-refractivity contribution >= 4 is 23.5 Å². The van der Waals surface area contributed by atoms with Gasteiger partial charge in [-0.2, -0.15) is 0 Å². The number of morpholine rings is 1. The Morgan fingerprint density at radius 2 is 1.62 bits per heavy atom. The van der Waals surface area contributed by atoms with Gasteiger partial charge in [0.1, 0.15) is 12.4 Å². The maximum absolute atomic E-state index is 13.6. The predicted octanol–water partition coefficient (Wildman–Crippen LogP) is 2.90. The molecule has 0 saturated carbocycles. The van der Waals surface area contributed by atoms with Crippen LogP contribution in [0.1, 0.15) is 23.6 Å². The van der Waals surface area contributed by atoms with Crippen molar-refractivity contribution in [2.45, 2.75) is 24.6 Å². The van der Waals surface area contributed by atoms with E-state index < -0.39 is 0 Å². The maximum Gasteiger partial charge on any atom is 0.320 e. The number of piperidine rings is 1. The highest BCUT2D eigenvalue weighted by Crippen LogP contribution is 2.31. The van der Waals surface area contributed by atoms with Crippen LogP contribution in [0.3, 0.4) is 0 Å². The molecule has 3 fully saturated rings. The van der Waals surface area contributed by atoms with E-state index in [9.17, 15) is 14.0 Å². The quantitative estimate of drug-likeness (QED) is 0.724. The summed E-state index contributed by atoms with van der Waals surface area (Å²) in [4.78, 5) is 30.9. The van der Waals surface area contributed by atoms with Gasteiger partial charge in [0.05, 0.1) is 18.2 Å². The van der Waals surface area contributed by atoms with E-state index in [0.717, 1.165) is 17.5 Å². The van der Waals surface area contributed by atoms with Crippen LogP contribution in [0.4, 0.5) is 9.18 Å². The molecule has 180 valence electrons. The van der Waals surface area contributed by atoms with Crippen molar-refractivity contribution in [2.75, 3.05) is 45.9 Å². The summed E-state index contributed by atoms with van der Waals surface area (Å²) >= 11 is 6.10. The molecule has 3 amide bonds. The molecule has 3 aliphatic rings. The first-order valence-electron chi connectivity index (χ1n) is 11.7. The highest BCUT2D eigenvalue weighted by Gasteiger charge is 2.38. The van der Waals surface area contributed by atoms with Gasteiger partial charge in [0, 0.05) is 44.3 Å². The fraction of sp³-hybridized carbons (Fsp3) is 0.440. The summed E-state index contributed by atoms with van der Waals surface area (Å²) in [6, 6.07) is 14.1. The van der Waals surface area contributed by atoms with E-state index >= 15 is 0 Å². The Balaban J connectivity index is 1.26. The zero-order valence-electron chi connectivity index (χ0n) is 18.8. The molecular weight excluding hydrogens is 459 g/mol. The van der Waals surface area contributed by atoms with Crippen LogP contribution >= 0.6 is 11.6 Å². The molecule has 3 aliphatic heterocycles. The number of carbonyl (C=O) groups is 2. The molecular formula is C25H28ClFN4O3. The molecule has 3 heterocycles. The zero-order valence-corrected chi connectivity index (χ0v) is 19.6. The van der Waals surface area contributed by atoms with Gasteiger partial charge >= 0.3 is 6.03 Å². The second kappa shape index (κ2) is 9.90. The van der Waals surface area contributed by atoms with E-state index in [1.54, 1.807) is 0 Å². The van der Waals surface area contributed by atoms with Crippen LogP contribution in [-0.4, -0.2) is 84.7 Å². The molecule has 34 heavy (non-hydrogen) atoms.